The first kappa shape index (κ1) is 38.0. The van der Waals surface area contributed by atoms with E-state index in [1.807, 2.05) is 63.2 Å². The number of fused-ring (bicyclic) bond motifs is 1. The Morgan fingerprint density at radius 2 is 1.80 bits per heavy atom. The fourth-order valence-electron chi connectivity index (χ4n) is 6.21. The minimum atomic E-state index is -1.21. The van der Waals surface area contributed by atoms with Crippen molar-refractivity contribution in [2.24, 2.45) is 11.3 Å². The van der Waals surface area contributed by atoms with Gasteiger partial charge in [-0.25, -0.2) is 14.6 Å². The van der Waals surface area contributed by atoms with Gasteiger partial charge in [-0.15, -0.1) is 0 Å². The lowest BCUT2D eigenvalue weighted by molar-refractivity contribution is -0.131. The van der Waals surface area contributed by atoms with Crippen LogP contribution in [0.1, 0.15) is 38.3 Å². The van der Waals surface area contributed by atoms with Crippen LogP contribution in [0.4, 0.5) is 9.59 Å². The number of halogens is 1. The lowest BCUT2D eigenvalue weighted by Gasteiger charge is -2.34. The molecule has 2 saturated heterocycles. The fraction of sp³-hybridized carbons (Fsp3) is 0.459. The molecule has 6 unspecified atom stereocenters. The monoisotopic (exact) mass is 723 g/mol. The molecule has 0 spiro atoms. The molecule has 2 fully saturated rings. The number of nitrogens with one attached hydrogen (secondary N) is 3. The SMILES string of the molecule is COC(=O)NC(C(=O)NN(Cc1cccc(Cl)c1)CC(O)C(Cc1ccc(-c2cccnc2)cc1)NC(=O)OC1COC2OCCC12)C(C)(C)C. The number of alkyl carbamates (subject to hydrolysis) is 2. The molecule has 4 N–H and O–H groups in total. The Labute approximate surface area is 302 Å². The van der Waals surface area contributed by atoms with E-state index in [1.54, 1.807) is 30.6 Å². The van der Waals surface area contributed by atoms with Gasteiger partial charge < -0.3 is 34.7 Å². The maximum atomic E-state index is 13.7. The second-order valence-electron chi connectivity index (χ2n) is 13.9. The number of hydrazine groups is 1. The van der Waals surface area contributed by atoms with Crippen LogP contribution in [-0.2, 0) is 36.7 Å². The van der Waals surface area contributed by atoms with Crippen molar-refractivity contribution in [3.8, 4) is 11.1 Å². The normalized spacial score (nSPS) is 20.2. The number of methoxy groups -OCH3 is 1. The van der Waals surface area contributed by atoms with E-state index in [0.717, 1.165) is 28.7 Å². The predicted octanol–water partition coefficient (Wildman–Crippen LogP) is 4.47. The number of hydrogen-bond acceptors (Lipinski definition) is 10. The van der Waals surface area contributed by atoms with Crippen LogP contribution in [0, 0.1) is 11.3 Å². The predicted molar refractivity (Wildman–Crippen MR) is 189 cm³/mol. The Bertz CT molecular complexity index is 1620. The first-order valence-electron chi connectivity index (χ1n) is 16.9. The fourth-order valence-corrected chi connectivity index (χ4v) is 6.42. The smallest absolute Gasteiger partial charge is 0.407 e. The van der Waals surface area contributed by atoms with E-state index in [0.29, 0.717) is 11.6 Å². The number of amides is 3. The van der Waals surface area contributed by atoms with Crippen LogP contribution in [0.5, 0.6) is 0 Å². The highest BCUT2D eigenvalue weighted by Crippen LogP contribution is 2.33. The number of carbonyl (C=O) groups excluding carboxylic acids is 3. The summed E-state index contributed by atoms with van der Waals surface area (Å²) in [5.74, 6) is -0.580. The van der Waals surface area contributed by atoms with E-state index in [-0.39, 0.29) is 32.0 Å². The highest BCUT2D eigenvalue weighted by molar-refractivity contribution is 6.30. The quantitative estimate of drug-likeness (QED) is 0.185. The molecule has 0 bridgehead atoms. The number of nitrogens with zero attached hydrogens (tertiary/aromatic N) is 2. The van der Waals surface area contributed by atoms with Gasteiger partial charge in [0.15, 0.2) is 6.29 Å². The van der Waals surface area contributed by atoms with Crippen molar-refractivity contribution in [2.75, 3.05) is 26.9 Å². The standard InChI is InChI=1S/C37H46ClN5O8/c1-37(2,3)32(41-35(46)48-4)33(45)42-43(20-24-7-5-9-27(38)17-24)21-30(44)29(40-36(47)51-31-22-50-34-28(31)14-16-49-34)18-23-10-12-25(13-11-23)26-8-6-15-39-19-26/h5-13,15,17,19,28-32,34,44H,14,16,18,20-22H2,1-4H3,(H,40,47)(H,41,46)(H,42,45). The van der Waals surface area contributed by atoms with Crippen molar-refractivity contribution < 1.29 is 38.4 Å². The highest BCUT2D eigenvalue weighted by atomic mass is 35.5. The molecule has 3 amide bonds. The zero-order valence-corrected chi connectivity index (χ0v) is 30.0. The number of pyridine rings is 1. The van der Waals surface area contributed by atoms with Crippen LogP contribution in [-0.4, -0.2) is 90.6 Å². The van der Waals surface area contributed by atoms with Crippen LogP contribution < -0.4 is 16.1 Å². The maximum Gasteiger partial charge on any atom is 0.407 e. The van der Waals surface area contributed by atoms with Crippen molar-refractivity contribution in [2.45, 2.75) is 70.7 Å². The third-order valence-corrected chi connectivity index (χ3v) is 9.16. The summed E-state index contributed by atoms with van der Waals surface area (Å²) in [5.41, 5.74) is 5.71. The van der Waals surface area contributed by atoms with Crippen molar-refractivity contribution in [1.29, 1.82) is 0 Å². The van der Waals surface area contributed by atoms with Crippen molar-refractivity contribution in [1.82, 2.24) is 26.1 Å². The summed E-state index contributed by atoms with van der Waals surface area (Å²) in [6.45, 7) is 6.22. The maximum absolute atomic E-state index is 13.7. The molecular formula is C37H46ClN5O8. The first-order chi connectivity index (χ1) is 24.4. The number of benzene rings is 2. The van der Waals surface area contributed by atoms with Crippen molar-refractivity contribution in [3.05, 3.63) is 89.2 Å². The Balaban J connectivity index is 1.37. The van der Waals surface area contributed by atoms with Gasteiger partial charge in [0, 0.05) is 30.5 Å². The Morgan fingerprint density at radius 1 is 1.02 bits per heavy atom. The van der Waals surface area contributed by atoms with Gasteiger partial charge >= 0.3 is 12.2 Å². The van der Waals surface area contributed by atoms with E-state index in [4.69, 9.17) is 30.5 Å². The molecule has 2 aromatic carbocycles. The number of aromatic nitrogens is 1. The molecule has 5 rings (SSSR count). The van der Waals surface area contributed by atoms with E-state index in [1.165, 1.54) is 12.1 Å². The summed E-state index contributed by atoms with van der Waals surface area (Å²) in [6, 6.07) is 16.9. The van der Waals surface area contributed by atoms with E-state index >= 15 is 0 Å². The van der Waals surface area contributed by atoms with Gasteiger partial charge in [-0.05, 0) is 58.7 Å². The molecule has 2 aliphatic heterocycles. The lowest BCUT2D eigenvalue weighted by atomic mass is 9.86. The van der Waals surface area contributed by atoms with Gasteiger partial charge in [-0.3, -0.25) is 15.2 Å². The summed E-state index contributed by atoms with van der Waals surface area (Å²) in [5, 5.41) is 19.4. The number of aliphatic hydroxyl groups excluding tert-OH is 1. The summed E-state index contributed by atoms with van der Waals surface area (Å²) < 4.78 is 21.8. The highest BCUT2D eigenvalue weighted by Gasteiger charge is 2.44. The molecule has 3 aromatic rings. The number of aliphatic hydroxyl groups is 1. The lowest BCUT2D eigenvalue weighted by Crippen LogP contribution is -2.59. The van der Waals surface area contributed by atoms with Crippen LogP contribution >= 0.6 is 11.6 Å². The molecule has 14 heteroatoms. The molecular weight excluding hydrogens is 678 g/mol. The minimum Gasteiger partial charge on any atom is -0.453 e. The molecule has 13 nitrogen and oxygen atoms in total. The zero-order chi connectivity index (χ0) is 36.5. The van der Waals surface area contributed by atoms with Crippen molar-refractivity contribution >= 4 is 29.7 Å². The average molecular weight is 724 g/mol. The summed E-state index contributed by atoms with van der Waals surface area (Å²) >= 11 is 6.28. The van der Waals surface area contributed by atoms with Gasteiger partial charge in [0.2, 0.25) is 0 Å². The van der Waals surface area contributed by atoms with Crippen molar-refractivity contribution in [3.63, 3.8) is 0 Å². The molecule has 0 saturated carbocycles. The number of carbonyl (C=O) groups is 3. The first-order valence-corrected chi connectivity index (χ1v) is 17.3. The van der Waals surface area contributed by atoms with Gasteiger partial charge in [0.1, 0.15) is 12.1 Å². The second kappa shape index (κ2) is 17.3. The van der Waals surface area contributed by atoms with E-state index in [9.17, 15) is 19.5 Å². The van der Waals surface area contributed by atoms with Gasteiger partial charge in [-0.1, -0.05) is 74.8 Å². The van der Waals surface area contributed by atoms with Crippen LogP contribution in [0.15, 0.2) is 73.1 Å². The molecule has 1 aromatic heterocycles. The minimum absolute atomic E-state index is 0.0584. The van der Waals surface area contributed by atoms with Crippen LogP contribution in [0.2, 0.25) is 5.02 Å². The summed E-state index contributed by atoms with van der Waals surface area (Å²) in [6.07, 6.45) is 0.909. The average Bonchev–Trinajstić information content (AvgIpc) is 3.72. The Hall–Kier alpha value is -4.27. The Morgan fingerprint density at radius 3 is 2.49 bits per heavy atom. The molecule has 274 valence electrons. The number of ether oxygens (including phenoxy) is 4. The van der Waals surface area contributed by atoms with E-state index < -0.39 is 54.1 Å². The van der Waals surface area contributed by atoms with E-state index in [2.05, 4.69) is 21.0 Å². The molecule has 51 heavy (non-hydrogen) atoms. The molecule has 6 atom stereocenters. The molecule has 0 radical (unpaired) electrons. The third-order valence-electron chi connectivity index (χ3n) is 8.93. The van der Waals surface area contributed by atoms with Gasteiger partial charge in [0.05, 0.1) is 38.4 Å². The molecule has 0 aliphatic carbocycles. The molecule has 2 aliphatic rings. The van der Waals surface area contributed by atoms with Gasteiger partial charge in [0.25, 0.3) is 5.91 Å². The summed E-state index contributed by atoms with van der Waals surface area (Å²) in [7, 11) is 1.22. The Kier molecular flexibility index (Phi) is 12.9. The third kappa shape index (κ3) is 10.6. The number of hydrogen-bond donors (Lipinski definition) is 4. The largest absolute Gasteiger partial charge is 0.453 e. The topological polar surface area (TPSA) is 161 Å². The molecule has 3 heterocycles. The zero-order valence-electron chi connectivity index (χ0n) is 29.2. The van der Waals surface area contributed by atoms with Crippen LogP contribution in [0.25, 0.3) is 11.1 Å². The van der Waals surface area contributed by atoms with Gasteiger partial charge in [-0.2, -0.15) is 0 Å². The number of rotatable bonds is 13. The van der Waals surface area contributed by atoms with Crippen LogP contribution in [0.3, 0.4) is 0 Å². The second-order valence-corrected chi connectivity index (χ2v) is 14.3. The summed E-state index contributed by atoms with van der Waals surface area (Å²) in [4.78, 5) is 43.4.